The van der Waals surface area contributed by atoms with Crippen LogP contribution in [0.25, 0.3) is 0 Å². The molecule has 0 unspecified atom stereocenters. The Kier molecular flexibility index (Phi) is 8.45. The number of nitro benzene ring substituents is 3. The molecule has 3 rings (SSSR count). The lowest BCUT2D eigenvalue weighted by molar-refractivity contribution is -0.384. The number of hydrogen-bond acceptors (Lipinski definition) is 16. The average molecular weight is 551 g/mol. The van der Waals surface area contributed by atoms with E-state index < -0.39 is 56.7 Å². The van der Waals surface area contributed by atoms with Gasteiger partial charge in [0.25, 0.3) is 17.1 Å². The first-order valence-corrected chi connectivity index (χ1v) is 11.4. The Morgan fingerprint density at radius 1 is 0.553 bits per heavy atom. The molecule has 0 bridgehead atoms. The van der Waals surface area contributed by atoms with Gasteiger partial charge in [-0.2, -0.15) is 15.5 Å². The van der Waals surface area contributed by atoms with E-state index in [1.54, 1.807) is 0 Å². The highest BCUT2D eigenvalue weighted by Gasteiger charge is 2.40. The third kappa shape index (κ3) is 6.32. The zero-order valence-corrected chi connectivity index (χ0v) is 19.8. The highest BCUT2D eigenvalue weighted by molar-refractivity contribution is 7.48. The van der Waals surface area contributed by atoms with Gasteiger partial charge in [0.05, 0.1) is 14.8 Å². The standard InChI is InChI=1S/C18H18N9O10P/c19-22(13-7-1-4-10-16(13)25(28)29)35-38(34,36-23(20)14-8-2-5-11-17(14)26(30)31)37-24(21)15-9-3-6-12-18(15)27(32)33/h1-12H,19-21H2. The van der Waals surface area contributed by atoms with Crippen LogP contribution in [0.2, 0.25) is 0 Å². The van der Waals surface area contributed by atoms with Crippen LogP contribution in [0.3, 0.4) is 0 Å². The second kappa shape index (κ2) is 11.5. The summed E-state index contributed by atoms with van der Waals surface area (Å²) in [5.74, 6) is 17.2. The van der Waals surface area contributed by atoms with Gasteiger partial charge in [0.15, 0.2) is 17.1 Å². The fourth-order valence-electron chi connectivity index (χ4n) is 2.91. The molecule has 3 aromatic carbocycles. The van der Waals surface area contributed by atoms with Crippen LogP contribution in [0.5, 0.6) is 0 Å². The molecule has 0 heterocycles. The minimum atomic E-state index is -5.30. The lowest BCUT2D eigenvalue weighted by Crippen LogP contribution is -2.39. The quantitative estimate of drug-likeness (QED) is 0.126. The molecule has 0 fully saturated rings. The van der Waals surface area contributed by atoms with Crippen molar-refractivity contribution in [3.05, 3.63) is 103 Å². The Morgan fingerprint density at radius 3 is 1.03 bits per heavy atom. The van der Waals surface area contributed by atoms with Crippen molar-refractivity contribution in [2.24, 2.45) is 17.5 Å². The smallest absolute Gasteiger partial charge is 0.258 e. The van der Waals surface area contributed by atoms with Gasteiger partial charge in [-0.25, -0.2) is 22.1 Å². The lowest BCUT2D eigenvalue weighted by Gasteiger charge is -2.28. The van der Waals surface area contributed by atoms with Gasteiger partial charge in [0.2, 0.25) is 0 Å². The van der Waals surface area contributed by atoms with Crippen LogP contribution in [0.4, 0.5) is 34.1 Å². The molecule has 6 N–H and O–H groups in total. The number of hydrogen-bond donors (Lipinski definition) is 3. The molecule has 0 saturated heterocycles. The van der Waals surface area contributed by atoms with Crippen molar-refractivity contribution in [2.45, 2.75) is 0 Å². The maximum Gasteiger partial charge on any atom is 0.543 e. The Balaban J connectivity index is 2.01. The van der Waals surface area contributed by atoms with Crippen LogP contribution in [-0.4, -0.2) is 14.8 Å². The first-order valence-electron chi connectivity index (χ1n) is 9.97. The molecule has 0 amide bonds. The Labute approximate surface area is 211 Å². The zero-order chi connectivity index (χ0) is 28.0. The van der Waals surface area contributed by atoms with Gasteiger partial charge in [-0.3, -0.25) is 30.3 Å². The molecule has 0 aliphatic rings. The van der Waals surface area contributed by atoms with Crippen LogP contribution < -0.4 is 33.0 Å². The molecule has 200 valence electrons. The molecule has 20 heteroatoms. The largest absolute Gasteiger partial charge is 0.543 e. The number of benzene rings is 3. The van der Waals surface area contributed by atoms with Crippen molar-refractivity contribution >= 4 is 41.9 Å². The van der Waals surface area contributed by atoms with Gasteiger partial charge in [-0.05, 0) is 18.2 Å². The van der Waals surface area contributed by atoms with E-state index in [1.165, 1.54) is 36.4 Å². The molecule has 0 aliphatic carbocycles. The van der Waals surface area contributed by atoms with Crippen molar-refractivity contribution < 1.29 is 33.2 Å². The van der Waals surface area contributed by atoms with E-state index in [1.807, 2.05) is 0 Å². The number of nitro groups is 3. The molecular weight excluding hydrogens is 533 g/mol. The summed E-state index contributed by atoms with van der Waals surface area (Å²) in [4.78, 5) is 31.6. The van der Waals surface area contributed by atoms with Crippen LogP contribution >= 0.6 is 7.82 Å². The molecule has 0 atom stereocenters. The molecule has 38 heavy (non-hydrogen) atoms. The summed E-state index contributed by atoms with van der Waals surface area (Å²) in [5.41, 5.74) is -3.08. The highest BCUT2D eigenvalue weighted by Crippen LogP contribution is 2.53. The molecule has 0 spiro atoms. The van der Waals surface area contributed by atoms with E-state index in [4.69, 9.17) is 31.4 Å². The van der Waals surface area contributed by atoms with E-state index in [2.05, 4.69) is 0 Å². The molecule has 0 radical (unpaired) electrons. The number of phosphoric acid groups is 1. The van der Waals surface area contributed by atoms with Gasteiger partial charge in [-0.15, -0.1) is 13.9 Å². The van der Waals surface area contributed by atoms with Gasteiger partial charge < -0.3 is 0 Å². The lowest BCUT2D eigenvalue weighted by atomic mass is 10.3. The summed E-state index contributed by atoms with van der Waals surface area (Å²) < 4.78 is 28.8. The maximum absolute atomic E-state index is 13.7. The van der Waals surface area contributed by atoms with Crippen molar-refractivity contribution in [1.29, 1.82) is 0 Å². The highest BCUT2D eigenvalue weighted by atomic mass is 31.2. The monoisotopic (exact) mass is 551 g/mol. The van der Waals surface area contributed by atoms with Gasteiger partial charge in [0.1, 0.15) is 0 Å². The van der Waals surface area contributed by atoms with Crippen molar-refractivity contribution in [2.75, 3.05) is 15.5 Å². The van der Waals surface area contributed by atoms with E-state index in [9.17, 15) is 34.9 Å². The predicted molar refractivity (Wildman–Crippen MR) is 130 cm³/mol. The number of para-hydroxylation sites is 6. The minimum Gasteiger partial charge on any atom is -0.258 e. The topological polar surface area (TPSA) is 262 Å². The van der Waals surface area contributed by atoms with Gasteiger partial charge in [-0.1, -0.05) is 36.4 Å². The maximum atomic E-state index is 13.7. The Hall–Kier alpha value is -4.75. The van der Waals surface area contributed by atoms with Crippen molar-refractivity contribution in [3.63, 3.8) is 0 Å². The number of nitrogens with zero attached hydrogens (tertiary/aromatic N) is 6. The predicted octanol–water partition coefficient (Wildman–Crippen LogP) is 2.75. The summed E-state index contributed by atoms with van der Waals surface area (Å²) in [7, 11) is -5.30. The fraction of sp³-hybridized carbons (Fsp3) is 0. The molecule has 0 aliphatic heterocycles. The third-order valence-corrected chi connectivity index (χ3v) is 5.64. The van der Waals surface area contributed by atoms with Gasteiger partial charge >= 0.3 is 7.82 Å². The average Bonchev–Trinajstić information content (AvgIpc) is 2.88. The summed E-state index contributed by atoms with van der Waals surface area (Å²) >= 11 is 0. The zero-order valence-electron chi connectivity index (χ0n) is 18.9. The summed E-state index contributed by atoms with van der Waals surface area (Å²) in [6.07, 6.45) is 0. The fourth-order valence-corrected chi connectivity index (χ4v) is 3.91. The van der Waals surface area contributed by atoms with Crippen molar-refractivity contribution in [1.82, 2.24) is 0 Å². The molecule has 0 saturated carbocycles. The first-order chi connectivity index (χ1) is 17.9. The minimum absolute atomic E-state index is 0.152. The normalized spacial score (nSPS) is 11.0. The van der Waals surface area contributed by atoms with Crippen molar-refractivity contribution in [3.8, 4) is 0 Å². The number of rotatable bonds is 12. The summed E-state index contributed by atoms with van der Waals surface area (Å²) in [6, 6.07) is 14.5. The van der Waals surface area contributed by atoms with Crippen LogP contribution in [-0.2, 0) is 18.4 Å². The summed E-state index contributed by atoms with van der Waals surface area (Å²) in [5, 5.41) is 34.6. The SMILES string of the molecule is NN(OP(=O)(ON(N)c1ccccc1[N+](=O)[O-])ON(N)c1ccccc1[N+](=O)[O-])c1ccccc1[N+](=O)[O-]. The van der Waals surface area contributed by atoms with E-state index in [0.29, 0.717) is 0 Å². The third-order valence-electron chi connectivity index (χ3n) is 4.51. The molecule has 19 nitrogen and oxygen atoms in total. The molecular formula is C18H18N9O10P. The molecule has 0 aromatic heterocycles. The van der Waals surface area contributed by atoms with E-state index >= 15 is 0 Å². The van der Waals surface area contributed by atoms with E-state index in [0.717, 1.165) is 36.4 Å². The molecule has 3 aromatic rings. The number of anilines is 3. The second-order valence-electron chi connectivity index (χ2n) is 6.91. The second-order valence-corrected chi connectivity index (χ2v) is 8.29. The van der Waals surface area contributed by atoms with Crippen LogP contribution in [0.1, 0.15) is 0 Å². The van der Waals surface area contributed by atoms with Crippen LogP contribution in [0, 0.1) is 30.3 Å². The number of hydrazine groups is 3. The Bertz CT molecular complexity index is 1250. The summed E-state index contributed by atoms with van der Waals surface area (Å²) in [6.45, 7) is 0. The van der Waals surface area contributed by atoms with Gasteiger partial charge in [0, 0.05) is 18.2 Å². The Morgan fingerprint density at radius 2 is 0.789 bits per heavy atom. The van der Waals surface area contributed by atoms with E-state index in [-0.39, 0.29) is 15.5 Å². The first kappa shape index (κ1) is 27.8. The number of nitrogens with two attached hydrogens (primary N) is 3. The van der Waals surface area contributed by atoms with Crippen LogP contribution in [0.15, 0.2) is 72.8 Å².